The van der Waals surface area contributed by atoms with Gasteiger partial charge in [0.05, 0.1) is 18.7 Å². The van der Waals surface area contributed by atoms with Crippen molar-refractivity contribution in [1.29, 1.82) is 0 Å². The van der Waals surface area contributed by atoms with Gasteiger partial charge in [-0.1, -0.05) is 13.8 Å². The van der Waals surface area contributed by atoms with E-state index in [1.165, 1.54) is 11.9 Å². The SMILES string of the molecule is CCOC(=O)C/C(=C(\C=O)N(C)CC(=O)O)C(C)C. The van der Waals surface area contributed by atoms with E-state index in [2.05, 4.69) is 0 Å². The number of aliphatic carboxylic acids is 1. The van der Waals surface area contributed by atoms with Crippen LogP contribution in [0.4, 0.5) is 0 Å². The number of rotatable bonds is 8. The van der Waals surface area contributed by atoms with Crippen LogP contribution in [-0.2, 0) is 19.1 Å². The fourth-order valence-electron chi connectivity index (χ4n) is 1.66. The summed E-state index contributed by atoms with van der Waals surface area (Å²) in [5.41, 5.74) is 0.808. The van der Waals surface area contributed by atoms with Gasteiger partial charge in [0.15, 0.2) is 6.29 Å². The standard InChI is InChI=1S/C13H21NO5/c1-5-19-13(18)6-10(9(2)3)11(8-15)14(4)7-12(16)17/h8-9H,5-7H2,1-4H3,(H,16,17)/b11-10-. The normalized spacial score (nSPS) is 11.8. The largest absolute Gasteiger partial charge is 0.480 e. The average Bonchev–Trinajstić information content (AvgIpc) is 2.27. The number of nitrogens with zero attached hydrogens (tertiary/aromatic N) is 1. The Morgan fingerprint density at radius 1 is 1.37 bits per heavy atom. The Balaban J connectivity index is 5.23. The summed E-state index contributed by atoms with van der Waals surface area (Å²) in [5.74, 6) is -1.52. The van der Waals surface area contributed by atoms with E-state index in [0.29, 0.717) is 11.9 Å². The molecule has 0 saturated heterocycles. The molecule has 6 nitrogen and oxygen atoms in total. The number of aldehydes is 1. The van der Waals surface area contributed by atoms with Crippen molar-refractivity contribution in [3.63, 3.8) is 0 Å². The highest BCUT2D eigenvalue weighted by Gasteiger charge is 2.19. The van der Waals surface area contributed by atoms with E-state index < -0.39 is 11.9 Å². The van der Waals surface area contributed by atoms with Gasteiger partial charge < -0.3 is 14.7 Å². The van der Waals surface area contributed by atoms with Crippen LogP contribution in [0.1, 0.15) is 27.2 Å². The lowest BCUT2D eigenvalue weighted by molar-refractivity contribution is -0.142. The van der Waals surface area contributed by atoms with Crippen molar-refractivity contribution in [1.82, 2.24) is 4.90 Å². The lowest BCUT2D eigenvalue weighted by Gasteiger charge is -2.22. The molecule has 6 heteroatoms. The van der Waals surface area contributed by atoms with Crippen LogP contribution in [-0.4, -0.2) is 48.4 Å². The molecule has 0 aliphatic carbocycles. The molecule has 0 spiro atoms. The zero-order chi connectivity index (χ0) is 15.0. The Hall–Kier alpha value is -1.85. The van der Waals surface area contributed by atoms with Crippen LogP contribution >= 0.6 is 0 Å². The van der Waals surface area contributed by atoms with E-state index in [9.17, 15) is 14.4 Å². The monoisotopic (exact) mass is 271 g/mol. The van der Waals surface area contributed by atoms with Crippen LogP contribution in [0.15, 0.2) is 11.3 Å². The summed E-state index contributed by atoms with van der Waals surface area (Å²) < 4.78 is 4.85. The predicted molar refractivity (Wildman–Crippen MR) is 69.4 cm³/mol. The summed E-state index contributed by atoms with van der Waals surface area (Å²) in [7, 11) is 1.51. The third-order valence-corrected chi connectivity index (χ3v) is 2.56. The first kappa shape index (κ1) is 17.2. The maximum Gasteiger partial charge on any atom is 0.323 e. The van der Waals surface area contributed by atoms with Crippen molar-refractivity contribution >= 4 is 18.2 Å². The second-order valence-corrected chi connectivity index (χ2v) is 4.41. The van der Waals surface area contributed by atoms with Crippen LogP contribution in [0.25, 0.3) is 0 Å². The molecule has 0 rings (SSSR count). The van der Waals surface area contributed by atoms with Crippen LogP contribution in [0.2, 0.25) is 0 Å². The number of carboxylic acid groups (broad SMARTS) is 1. The molecular formula is C13H21NO5. The molecule has 1 N–H and O–H groups in total. The number of ether oxygens (including phenoxy) is 1. The molecule has 0 aliphatic heterocycles. The first-order valence-corrected chi connectivity index (χ1v) is 6.10. The number of carbonyl (C=O) groups excluding carboxylic acids is 2. The van der Waals surface area contributed by atoms with Gasteiger partial charge in [-0.3, -0.25) is 14.4 Å². The van der Waals surface area contributed by atoms with Crippen molar-refractivity contribution < 1.29 is 24.2 Å². The first-order chi connectivity index (χ1) is 8.83. The molecular weight excluding hydrogens is 250 g/mol. The topological polar surface area (TPSA) is 83.9 Å². The maximum absolute atomic E-state index is 11.5. The number of hydrogen-bond donors (Lipinski definition) is 1. The number of likely N-dealkylation sites (N-methyl/N-ethyl adjacent to an activating group) is 1. The quantitative estimate of drug-likeness (QED) is 0.404. The molecule has 0 amide bonds. The van der Waals surface area contributed by atoms with E-state index in [1.807, 2.05) is 13.8 Å². The van der Waals surface area contributed by atoms with E-state index in [0.717, 1.165) is 0 Å². The van der Waals surface area contributed by atoms with Gasteiger partial charge in [-0.2, -0.15) is 0 Å². The number of esters is 1. The second kappa shape index (κ2) is 8.29. The molecule has 0 radical (unpaired) electrons. The van der Waals surface area contributed by atoms with Crippen molar-refractivity contribution in [3.8, 4) is 0 Å². The highest BCUT2D eigenvalue weighted by Crippen LogP contribution is 2.20. The van der Waals surface area contributed by atoms with Crippen molar-refractivity contribution in [2.75, 3.05) is 20.2 Å². The Kier molecular flexibility index (Phi) is 7.48. The fourth-order valence-corrected chi connectivity index (χ4v) is 1.66. The number of allylic oxidation sites excluding steroid dienone is 1. The van der Waals surface area contributed by atoms with Gasteiger partial charge >= 0.3 is 11.9 Å². The molecule has 0 saturated carbocycles. The highest BCUT2D eigenvalue weighted by atomic mass is 16.5. The van der Waals surface area contributed by atoms with E-state index in [-0.39, 0.29) is 31.2 Å². The van der Waals surface area contributed by atoms with E-state index in [1.54, 1.807) is 6.92 Å². The first-order valence-electron chi connectivity index (χ1n) is 6.10. The molecule has 0 aromatic heterocycles. The molecule has 0 aromatic carbocycles. The minimum Gasteiger partial charge on any atom is -0.480 e. The van der Waals surface area contributed by atoms with Gasteiger partial charge in [-0.15, -0.1) is 0 Å². The summed E-state index contributed by atoms with van der Waals surface area (Å²) in [6.07, 6.45) is 0.570. The Labute approximate surface area is 113 Å². The summed E-state index contributed by atoms with van der Waals surface area (Å²) >= 11 is 0. The zero-order valence-corrected chi connectivity index (χ0v) is 11.8. The third-order valence-electron chi connectivity index (χ3n) is 2.56. The van der Waals surface area contributed by atoms with Gasteiger partial charge in [-0.25, -0.2) is 0 Å². The van der Waals surface area contributed by atoms with Gasteiger partial charge in [0.25, 0.3) is 0 Å². The second-order valence-electron chi connectivity index (χ2n) is 4.41. The average molecular weight is 271 g/mol. The Bertz CT molecular complexity index is 373. The van der Waals surface area contributed by atoms with E-state index >= 15 is 0 Å². The molecule has 0 aromatic rings. The smallest absolute Gasteiger partial charge is 0.323 e. The number of hydrogen-bond acceptors (Lipinski definition) is 5. The summed E-state index contributed by atoms with van der Waals surface area (Å²) in [5, 5.41) is 8.74. The minimum absolute atomic E-state index is 0.0104. The van der Waals surface area contributed by atoms with E-state index in [4.69, 9.17) is 9.84 Å². The Morgan fingerprint density at radius 3 is 2.32 bits per heavy atom. The van der Waals surface area contributed by atoms with Gasteiger partial charge in [-0.05, 0) is 18.4 Å². The highest BCUT2D eigenvalue weighted by molar-refractivity contribution is 5.80. The molecule has 0 unspecified atom stereocenters. The summed E-state index contributed by atoms with van der Waals surface area (Å²) in [4.78, 5) is 34.7. The van der Waals surface area contributed by atoms with Crippen molar-refractivity contribution in [2.24, 2.45) is 5.92 Å². The lowest BCUT2D eigenvalue weighted by atomic mass is 9.97. The van der Waals surface area contributed by atoms with Gasteiger partial charge in [0, 0.05) is 7.05 Å². The Morgan fingerprint density at radius 2 is 1.95 bits per heavy atom. The van der Waals surface area contributed by atoms with Crippen molar-refractivity contribution in [2.45, 2.75) is 27.2 Å². The number of carboxylic acids is 1. The van der Waals surface area contributed by atoms with Crippen LogP contribution in [0.3, 0.4) is 0 Å². The maximum atomic E-state index is 11.5. The van der Waals surface area contributed by atoms with Crippen LogP contribution in [0.5, 0.6) is 0 Å². The lowest BCUT2D eigenvalue weighted by Crippen LogP contribution is -2.28. The molecule has 0 atom stereocenters. The summed E-state index contributed by atoms with van der Waals surface area (Å²) in [6.45, 7) is 5.35. The molecule has 0 bridgehead atoms. The molecule has 19 heavy (non-hydrogen) atoms. The number of carbonyl (C=O) groups is 3. The fraction of sp³-hybridized carbons (Fsp3) is 0.615. The van der Waals surface area contributed by atoms with Crippen LogP contribution in [0, 0.1) is 5.92 Å². The molecule has 0 fully saturated rings. The molecule has 0 heterocycles. The van der Waals surface area contributed by atoms with Gasteiger partial charge in [0.2, 0.25) is 0 Å². The molecule has 108 valence electrons. The van der Waals surface area contributed by atoms with Crippen molar-refractivity contribution in [3.05, 3.63) is 11.3 Å². The molecule has 0 aliphatic rings. The van der Waals surface area contributed by atoms with Crippen LogP contribution < -0.4 is 0 Å². The third kappa shape index (κ3) is 6.03. The minimum atomic E-state index is -1.04. The predicted octanol–water partition coefficient (Wildman–Crippen LogP) is 1.06. The summed E-state index contributed by atoms with van der Waals surface area (Å²) in [6, 6.07) is 0. The zero-order valence-electron chi connectivity index (χ0n) is 11.8. The van der Waals surface area contributed by atoms with Gasteiger partial charge in [0.1, 0.15) is 6.54 Å².